The fraction of sp³-hybridized carbons (Fsp3) is 0.407. The number of nitrogens with zero attached hydrogens (tertiary/aromatic N) is 2. The van der Waals surface area contributed by atoms with Crippen LogP contribution in [0.3, 0.4) is 0 Å². The summed E-state index contributed by atoms with van der Waals surface area (Å²) in [5, 5.41) is 22.9. The maximum Gasteiger partial charge on any atom is 0.343 e. The predicted octanol–water partition coefficient (Wildman–Crippen LogP) is 2.05. The molecule has 0 saturated heterocycles. The molecule has 0 saturated carbocycles. The minimum absolute atomic E-state index is 0.108. The Hall–Kier alpha value is -3.96. The highest BCUT2D eigenvalue weighted by Gasteiger charge is 2.45. The Balaban J connectivity index is 0.000000689. The second-order valence-corrected chi connectivity index (χ2v) is 9.37. The Morgan fingerprint density at radius 2 is 1.84 bits per heavy atom. The number of likely N-dealkylation sites (N-methyl/N-ethyl adjacent to an activating group) is 1. The van der Waals surface area contributed by atoms with Gasteiger partial charge in [-0.1, -0.05) is 13.8 Å². The van der Waals surface area contributed by atoms with Crippen LogP contribution in [0.4, 0.5) is 0 Å². The van der Waals surface area contributed by atoms with Gasteiger partial charge in [0.25, 0.3) is 11.5 Å². The Bertz CT molecular complexity index is 1530. The Kier molecular flexibility index (Phi) is 6.58. The van der Waals surface area contributed by atoms with Crippen molar-refractivity contribution in [3.63, 3.8) is 0 Å². The van der Waals surface area contributed by atoms with Crippen molar-refractivity contribution < 1.29 is 34.0 Å². The van der Waals surface area contributed by atoms with Gasteiger partial charge in [0.2, 0.25) is 6.79 Å². The third-order valence-electron chi connectivity index (χ3n) is 7.10. The molecule has 0 bridgehead atoms. The average Bonchev–Trinajstić information content (AvgIpc) is 3.49. The zero-order chi connectivity index (χ0) is 27.2. The number of esters is 1. The van der Waals surface area contributed by atoms with Gasteiger partial charge in [-0.3, -0.25) is 9.59 Å². The maximum absolute atomic E-state index is 13.5. The molecule has 1 atom stereocenters. The van der Waals surface area contributed by atoms with E-state index in [1.54, 1.807) is 17.6 Å². The van der Waals surface area contributed by atoms with Crippen LogP contribution >= 0.6 is 0 Å². The van der Waals surface area contributed by atoms with Crippen LogP contribution in [0.1, 0.15) is 49.4 Å². The van der Waals surface area contributed by atoms with Crippen LogP contribution in [-0.4, -0.2) is 51.6 Å². The van der Waals surface area contributed by atoms with Crippen molar-refractivity contribution in [3.05, 3.63) is 50.8 Å². The van der Waals surface area contributed by atoms with E-state index in [1.165, 1.54) is 0 Å². The first-order valence-electron chi connectivity index (χ1n) is 12.5. The minimum Gasteiger partial charge on any atom is -0.481 e. The monoisotopic (exact) mass is 523 g/mol. The molecule has 1 unspecified atom stereocenters. The first-order chi connectivity index (χ1) is 18.2. The van der Waals surface area contributed by atoms with Crippen molar-refractivity contribution in [1.82, 2.24) is 14.9 Å². The number of aliphatic carboxylic acids is 1. The fourth-order valence-corrected chi connectivity index (χ4v) is 5.23. The lowest BCUT2D eigenvalue weighted by atomic mass is 9.86. The van der Waals surface area contributed by atoms with Gasteiger partial charge >= 0.3 is 5.97 Å². The lowest BCUT2D eigenvalue weighted by Crippen LogP contribution is -2.44. The van der Waals surface area contributed by atoms with E-state index in [4.69, 9.17) is 29.1 Å². The third kappa shape index (κ3) is 4.07. The summed E-state index contributed by atoms with van der Waals surface area (Å²) in [6, 6.07) is 5.57. The summed E-state index contributed by atoms with van der Waals surface area (Å²) in [6.07, 6.45) is 0.856. The first-order valence-corrected chi connectivity index (χ1v) is 12.5. The largest absolute Gasteiger partial charge is 0.481 e. The van der Waals surface area contributed by atoms with Crippen molar-refractivity contribution in [2.24, 2.45) is 0 Å². The molecule has 6 rings (SSSR count). The van der Waals surface area contributed by atoms with Crippen molar-refractivity contribution in [2.75, 3.05) is 19.9 Å². The van der Waals surface area contributed by atoms with Gasteiger partial charge in [-0.05, 0) is 43.6 Å². The highest BCUT2D eigenvalue weighted by atomic mass is 16.7. The van der Waals surface area contributed by atoms with Crippen LogP contribution in [0.5, 0.6) is 11.5 Å². The summed E-state index contributed by atoms with van der Waals surface area (Å²) in [5.74, 6) is -0.233. The number of aromatic nitrogens is 2. The highest BCUT2D eigenvalue weighted by Crippen LogP contribution is 2.43. The molecule has 3 aliphatic heterocycles. The first kappa shape index (κ1) is 25.7. The number of nitrogens with one attached hydrogen (secondary N) is 1. The highest BCUT2D eigenvalue weighted by molar-refractivity contribution is 5.91. The van der Waals surface area contributed by atoms with Gasteiger partial charge in [0, 0.05) is 29.5 Å². The number of hydrogen-bond acceptors (Lipinski definition) is 9. The molecule has 11 nitrogen and oxygen atoms in total. The molecule has 3 aliphatic rings. The summed E-state index contributed by atoms with van der Waals surface area (Å²) >= 11 is 0. The number of carbonyl (C=O) groups excluding carboxylic acids is 1. The minimum atomic E-state index is -1.85. The normalized spacial score (nSPS) is 18.3. The van der Waals surface area contributed by atoms with E-state index in [-0.39, 0.29) is 25.4 Å². The Morgan fingerprint density at radius 3 is 2.53 bits per heavy atom. The zero-order valence-corrected chi connectivity index (χ0v) is 21.4. The smallest absolute Gasteiger partial charge is 0.343 e. The number of carboxylic acid groups (broad SMARTS) is 1. The van der Waals surface area contributed by atoms with Gasteiger partial charge in [0.05, 0.1) is 29.0 Å². The average molecular weight is 524 g/mol. The molecule has 0 fully saturated rings. The van der Waals surface area contributed by atoms with Crippen molar-refractivity contribution in [1.29, 1.82) is 0 Å². The second kappa shape index (κ2) is 9.73. The molecule has 1 aromatic carbocycles. The van der Waals surface area contributed by atoms with Crippen molar-refractivity contribution in [2.45, 2.75) is 52.4 Å². The van der Waals surface area contributed by atoms with E-state index < -0.39 is 17.5 Å². The number of cyclic esters (lactones) is 1. The van der Waals surface area contributed by atoms with Crippen LogP contribution in [-0.2, 0) is 39.5 Å². The molecule has 0 radical (unpaired) electrons. The van der Waals surface area contributed by atoms with Crippen molar-refractivity contribution >= 4 is 22.8 Å². The molecular formula is C27H29N3O8. The Labute approximate surface area is 218 Å². The standard InChI is InChI=1S/C25H25N3O6.C2H4O2/c1-3-25(31)17-8-19-22-15(10-28(19)23(29)16(17)11-32-24(25)30)13(5-6-26-4-2)14-7-20-21(34-12-33-20)9-18(14)27-22;1-2(3)4/h7-9,26,31H,3-6,10-12H2,1-2H3;1H3,(H,3,4). The maximum atomic E-state index is 13.5. The topological polar surface area (TPSA) is 149 Å². The number of carbonyl (C=O) groups is 2. The van der Waals surface area contributed by atoms with Gasteiger partial charge in [-0.2, -0.15) is 0 Å². The molecule has 3 N–H and O–H groups in total. The van der Waals surface area contributed by atoms with E-state index in [9.17, 15) is 14.7 Å². The molecule has 3 aromatic rings. The molecule has 5 heterocycles. The SMILES string of the molecule is CC(=O)O.CCNCCc1c2c(nc3cc4c(cc13)OCO4)-c1cc3c(c(=O)n1C2)COC(=O)C3(O)CC. The summed E-state index contributed by atoms with van der Waals surface area (Å²) in [6.45, 7) is 6.87. The van der Waals surface area contributed by atoms with E-state index >= 15 is 0 Å². The number of benzene rings is 1. The van der Waals surface area contributed by atoms with Crippen LogP contribution in [0.15, 0.2) is 23.0 Å². The molecule has 200 valence electrons. The van der Waals surface area contributed by atoms with Gasteiger partial charge < -0.3 is 34.3 Å². The molecular weight excluding hydrogens is 494 g/mol. The molecule has 38 heavy (non-hydrogen) atoms. The summed E-state index contributed by atoms with van der Waals surface area (Å²) in [4.78, 5) is 39.8. The lowest BCUT2D eigenvalue weighted by molar-refractivity contribution is -0.172. The summed E-state index contributed by atoms with van der Waals surface area (Å²) in [5.41, 5.74) is 2.63. The number of ether oxygens (including phenoxy) is 3. The van der Waals surface area contributed by atoms with Crippen LogP contribution in [0.2, 0.25) is 0 Å². The van der Waals surface area contributed by atoms with Crippen LogP contribution in [0, 0.1) is 0 Å². The summed E-state index contributed by atoms with van der Waals surface area (Å²) in [7, 11) is 0. The van der Waals surface area contributed by atoms with Crippen molar-refractivity contribution in [3.8, 4) is 22.9 Å². The van der Waals surface area contributed by atoms with Crippen LogP contribution in [0.25, 0.3) is 22.3 Å². The lowest BCUT2D eigenvalue weighted by Gasteiger charge is -2.31. The molecule has 2 aromatic heterocycles. The molecule has 11 heteroatoms. The van der Waals surface area contributed by atoms with Gasteiger partial charge in [-0.25, -0.2) is 9.78 Å². The van der Waals surface area contributed by atoms with Gasteiger partial charge in [0.15, 0.2) is 17.1 Å². The molecule has 0 spiro atoms. The van der Waals surface area contributed by atoms with Crippen LogP contribution < -0.4 is 20.3 Å². The third-order valence-corrected chi connectivity index (χ3v) is 7.10. The van der Waals surface area contributed by atoms with E-state index in [1.807, 2.05) is 12.1 Å². The second-order valence-electron chi connectivity index (χ2n) is 9.37. The number of fused-ring (bicyclic) bond motifs is 6. The predicted molar refractivity (Wildman–Crippen MR) is 136 cm³/mol. The fourth-order valence-electron chi connectivity index (χ4n) is 5.23. The molecule has 0 amide bonds. The Morgan fingerprint density at radius 1 is 1.13 bits per heavy atom. The van der Waals surface area contributed by atoms with E-state index in [0.29, 0.717) is 40.6 Å². The quantitative estimate of drug-likeness (QED) is 0.262. The number of aliphatic hydroxyl groups is 1. The number of carboxylic acids is 1. The molecule has 0 aliphatic carbocycles. The number of hydrogen-bond donors (Lipinski definition) is 3. The van der Waals surface area contributed by atoms with E-state index in [2.05, 4.69) is 12.2 Å². The summed E-state index contributed by atoms with van der Waals surface area (Å²) < 4.78 is 18.0. The van der Waals surface area contributed by atoms with Gasteiger partial charge in [-0.15, -0.1) is 0 Å². The van der Waals surface area contributed by atoms with E-state index in [0.717, 1.165) is 48.5 Å². The number of rotatable bonds is 5. The van der Waals surface area contributed by atoms with Gasteiger partial charge in [0.1, 0.15) is 6.61 Å². The number of pyridine rings is 2. The zero-order valence-electron chi connectivity index (χ0n) is 21.4.